The maximum Gasteiger partial charge on any atom is 0.354 e. The van der Waals surface area contributed by atoms with Crippen molar-refractivity contribution < 1.29 is 14.6 Å². The van der Waals surface area contributed by atoms with Crippen LogP contribution >= 0.6 is 0 Å². The summed E-state index contributed by atoms with van der Waals surface area (Å²) in [6.45, 7) is 4.89. The van der Waals surface area contributed by atoms with E-state index >= 15 is 0 Å². The number of nitrogens with zero attached hydrogens (tertiary/aromatic N) is 1. The molecule has 2 N–H and O–H groups in total. The lowest BCUT2D eigenvalue weighted by molar-refractivity contribution is -0.0553. The highest BCUT2D eigenvalue weighted by molar-refractivity contribution is 5.85. The van der Waals surface area contributed by atoms with Gasteiger partial charge in [-0.15, -0.1) is 0 Å². The van der Waals surface area contributed by atoms with Gasteiger partial charge in [-0.05, 0) is 38.8 Å². The second-order valence-electron chi connectivity index (χ2n) is 5.18. The lowest BCUT2D eigenvalue weighted by Gasteiger charge is -2.36. The van der Waals surface area contributed by atoms with E-state index in [1.807, 2.05) is 0 Å². The molecule has 1 unspecified atom stereocenters. The topological polar surface area (TPSA) is 71.5 Å². The highest BCUT2D eigenvalue weighted by atomic mass is 16.5. The van der Waals surface area contributed by atoms with Gasteiger partial charge in [-0.2, -0.15) is 0 Å². The van der Waals surface area contributed by atoms with Crippen molar-refractivity contribution in [3.05, 3.63) is 24.0 Å². The molecule has 0 aromatic carbocycles. The molecule has 1 aromatic rings. The summed E-state index contributed by atoms with van der Waals surface area (Å²) in [5.41, 5.74) is 0.806. The highest BCUT2D eigenvalue weighted by Gasteiger charge is 2.28. The number of aromatic carboxylic acids is 1. The number of carbonyl (C=O) groups is 1. The minimum absolute atomic E-state index is 0.0628. The van der Waals surface area contributed by atoms with E-state index in [-0.39, 0.29) is 11.3 Å². The van der Waals surface area contributed by atoms with Crippen molar-refractivity contribution in [1.82, 2.24) is 4.98 Å². The molecule has 1 atom stereocenters. The van der Waals surface area contributed by atoms with E-state index in [0.717, 1.165) is 25.1 Å². The Hall–Kier alpha value is -1.62. The zero-order chi connectivity index (χ0) is 13.2. The van der Waals surface area contributed by atoms with Crippen molar-refractivity contribution in [2.75, 3.05) is 11.9 Å². The largest absolute Gasteiger partial charge is 0.477 e. The van der Waals surface area contributed by atoms with Crippen LogP contribution in [0.2, 0.25) is 0 Å². The molecule has 0 amide bonds. The number of rotatable bonds is 3. The molecule has 2 heterocycles. The van der Waals surface area contributed by atoms with Gasteiger partial charge in [0.05, 0.1) is 17.5 Å². The van der Waals surface area contributed by atoms with Gasteiger partial charge in [0.1, 0.15) is 5.69 Å². The molecule has 1 aliphatic heterocycles. The van der Waals surface area contributed by atoms with Crippen molar-refractivity contribution in [3.8, 4) is 0 Å². The number of hydrogen-bond acceptors (Lipinski definition) is 4. The molecule has 2 rings (SSSR count). The third-order valence-electron chi connectivity index (χ3n) is 3.05. The number of pyridine rings is 1. The Morgan fingerprint density at radius 2 is 2.33 bits per heavy atom. The standard InChI is InChI=1S/C13H18N2O3/c1-13(2)7-9(5-6-18-13)15-10-3-4-11(12(16)17)14-8-10/h3-4,8-9,15H,5-7H2,1-2H3,(H,16,17). The Morgan fingerprint density at radius 1 is 1.56 bits per heavy atom. The molecule has 1 aliphatic rings. The molecule has 0 spiro atoms. The van der Waals surface area contributed by atoms with Gasteiger partial charge in [-0.3, -0.25) is 0 Å². The van der Waals surface area contributed by atoms with Crippen LogP contribution in [0.1, 0.15) is 37.2 Å². The van der Waals surface area contributed by atoms with Gasteiger partial charge in [0.2, 0.25) is 0 Å². The zero-order valence-electron chi connectivity index (χ0n) is 10.6. The van der Waals surface area contributed by atoms with Crippen molar-refractivity contribution >= 4 is 11.7 Å². The smallest absolute Gasteiger partial charge is 0.354 e. The summed E-state index contributed by atoms with van der Waals surface area (Å²) >= 11 is 0. The van der Waals surface area contributed by atoms with Crippen molar-refractivity contribution in [3.63, 3.8) is 0 Å². The van der Waals surface area contributed by atoms with Gasteiger partial charge >= 0.3 is 5.97 Å². The minimum atomic E-state index is -1.01. The van der Waals surface area contributed by atoms with E-state index in [1.54, 1.807) is 12.3 Å². The summed E-state index contributed by atoms with van der Waals surface area (Å²) in [5, 5.41) is 12.1. The van der Waals surface area contributed by atoms with Crippen LogP contribution in [0.5, 0.6) is 0 Å². The lowest BCUT2D eigenvalue weighted by Crippen LogP contribution is -2.40. The Kier molecular flexibility index (Phi) is 3.52. The molecule has 5 nitrogen and oxygen atoms in total. The highest BCUT2D eigenvalue weighted by Crippen LogP contribution is 2.26. The Labute approximate surface area is 106 Å². The molecule has 0 bridgehead atoms. The summed E-state index contributed by atoms with van der Waals surface area (Å²) < 4.78 is 5.65. The molecule has 0 radical (unpaired) electrons. The van der Waals surface area contributed by atoms with Gasteiger partial charge < -0.3 is 15.2 Å². The first-order valence-electron chi connectivity index (χ1n) is 6.06. The van der Waals surface area contributed by atoms with Crippen molar-refractivity contribution in [1.29, 1.82) is 0 Å². The van der Waals surface area contributed by atoms with Crippen LogP contribution in [0.25, 0.3) is 0 Å². The number of anilines is 1. The maximum absolute atomic E-state index is 10.7. The van der Waals surface area contributed by atoms with Crippen molar-refractivity contribution in [2.45, 2.75) is 38.3 Å². The summed E-state index contributed by atoms with van der Waals surface area (Å²) in [5.74, 6) is -1.01. The van der Waals surface area contributed by atoms with Crippen LogP contribution in [0, 0.1) is 0 Å². The van der Waals surface area contributed by atoms with Crippen molar-refractivity contribution in [2.24, 2.45) is 0 Å². The van der Waals surface area contributed by atoms with Crippen LogP contribution in [0.4, 0.5) is 5.69 Å². The second-order valence-corrected chi connectivity index (χ2v) is 5.18. The number of carboxylic acid groups (broad SMARTS) is 1. The number of aromatic nitrogens is 1. The number of ether oxygens (including phenoxy) is 1. The predicted molar refractivity (Wildman–Crippen MR) is 67.9 cm³/mol. The molecule has 18 heavy (non-hydrogen) atoms. The SMILES string of the molecule is CC1(C)CC(Nc2ccc(C(=O)O)nc2)CCO1. The fourth-order valence-electron chi connectivity index (χ4n) is 2.20. The summed E-state index contributed by atoms with van der Waals surface area (Å²) in [6.07, 6.45) is 3.43. The molecule has 1 fully saturated rings. The van der Waals surface area contributed by atoms with Gasteiger partial charge in [-0.1, -0.05) is 0 Å². The fraction of sp³-hybridized carbons (Fsp3) is 0.538. The van der Waals surface area contributed by atoms with Gasteiger partial charge in [0.25, 0.3) is 0 Å². The summed E-state index contributed by atoms with van der Waals surface area (Å²) in [6, 6.07) is 3.60. The minimum Gasteiger partial charge on any atom is -0.477 e. The van der Waals surface area contributed by atoms with E-state index in [9.17, 15) is 4.79 Å². The van der Waals surface area contributed by atoms with E-state index in [0.29, 0.717) is 6.04 Å². The fourth-order valence-corrected chi connectivity index (χ4v) is 2.20. The van der Waals surface area contributed by atoms with E-state index in [4.69, 9.17) is 9.84 Å². The average molecular weight is 250 g/mol. The van der Waals surface area contributed by atoms with Crippen LogP contribution in [-0.2, 0) is 4.74 Å². The number of nitrogens with one attached hydrogen (secondary N) is 1. The zero-order valence-corrected chi connectivity index (χ0v) is 10.6. The monoisotopic (exact) mass is 250 g/mol. The molecule has 0 aliphatic carbocycles. The molecule has 5 heteroatoms. The maximum atomic E-state index is 10.7. The molecular formula is C13H18N2O3. The van der Waals surface area contributed by atoms with Crippen LogP contribution < -0.4 is 5.32 Å². The van der Waals surface area contributed by atoms with E-state index in [1.165, 1.54) is 6.07 Å². The van der Waals surface area contributed by atoms with Gasteiger partial charge in [0.15, 0.2) is 0 Å². The van der Waals surface area contributed by atoms with Crippen LogP contribution in [0.3, 0.4) is 0 Å². The third-order valence-corrected chi connectivity index (χ3v) is 3.05. The summed E-state index contributed by atoms with van der Waals surface area (Å²) in [4.78, 5) is 14.6. The molecule has 98 valence electrons. The first kappa shape index (κ1) is 12.8. The first-order chi connectivity index (χ1) is 8.46. The van der Waals surface area contributed by atoms with Gasteiger partial charge in [-0.25, -0.2) is 9.78 Å². The molecule has 0 saturated carbocycles. The lowest BCUT2D eigenvalue weighted by atomic mass is 9.94. The molecular weight excluding hydrogens is 232 g/mol. The van der Waals surface area contributed by atoms with Gasteiger partial charge in [0, 0.05) is 12.6 Å². The molecule has 1 aromatic heterocycles. The Morgan fingerprint density at radius 3 is 2.89 bits per heavy atom. The third kappa shape index (κ3) is 3.20. The number of hydrogen-bond donors (Lipinski definition) is 2. The van der Waals surface area contributed by atoms with E-state index < -0.39 is 5.97 Å². The predicted octanol–water partition coefficient (Wildman–Crippen LogP) is 2.15. The average Bonchev–Trinajstić information content (AvgIpc) is 2.28. The number of carboxylic acids is 1. The van der Waals surface area contributed by atoms with Crippen LogP contribution in [-0.4, -0.2) is 34.3 Å². The first-order valence-corrected chi connectivity index (χ1v) is 6.06. The van der Waals surface area contributed by atoms with E-state index in [2.05, 4.69) is 24.1 Å². The normalized spacial score (nSPS) is 22.4. The van der Waals surface area contributed by atoms with Crippen LogP contribution in [0.15, 0.2) is 18.3 Å². The molecule has 1 saturated heterocycles. The second kappa shape index (κ2) is 4.94. The quantitative estimate of drug-likeness (QED) is 0.860. The Bertz CT molecular complexity index is 428. The summed E-state index contributed by atoms with van der Waals surface area (Å²) in [7, 11) is 0. The Balaban J connectivity index is 1.99.